The van der Waals surface area contributed by atoms with Gasteiger partial charge in [0.1, 0.15) is 0 Å². The molecule has 0 amide bonds. The van der Waals surface area contributed by atoms with Crippen LogP contribution in [0.5, 0.6) is 0 Å². The molecule has 0 aromatic heterocycles. The fourth-order valence-corrected chi connectivity index (χ4v) is 2.73. The molecule has 0 bridgehead atoms. The Morgan fingerprint density at radius 2 is 2.18 bits per heavy atom. The Morgan fingerprint density at radius 3 is 2.47 bits per heavy atom. The van der Waals surface area contributed by atoms with Gasteiger partial charge in [-0.3, -0.25) is 4.79 Å². The van der Waals surface area contributed by atoms with Gasteiger partial charge in [0, 0.05) is 4.90 Å². The Kier molecular flexibility index (Phi) is 10.8. The summed E-state index contributed by atoms with van der Waals surface area (Å²) in [4.78, 5) is 12.0. The van der Waals surface area contributed by atoms with Crippen molar-refractivity contribution in [3.05, 3.63) is 28.8 Å². The van der Waals surface area contributed by atoms with E-state index in [0.717, 1.165) is 4.90 Å². The molecule has 0 saturated carbocycles. The summed E-state index contributed by atoms with van der Waals surface area (Å²) in [5.74, 6) is 0. The number of benzene rings is 1. The SMILES string of the molecule is CSc1cccc(Cl)c1C(=O)P.[Li][CH2]CCC. The third-order valence-corrected chi connectivity index (χ3v) is 3.53. The van der Waals surface area contributed by atoms with Crippen LogP contribution >= 0.6 is 32.6 Å². The first-order valence-electron chi connectivity index (χ1n) is 5.70. The molecular formula is C12H17ClLiOPS. The summed E-state index contributed by atoms with van der Waals surface area (Å²) in [6, 6.07) is 5.44. The molecule has 5 heteroatoms. The van der Waals surface area contributed by atoms with Crippen LogP contribution < -0.4 is 0 Å². The van der Waals surface area contributed by atoms with E-state index in [4.69, 9.17) is 11.6 Å². The topological polar surface area (TPSA) is 17.1 Å². The first-order valence-corrected chi connectivity index (χ1v) is 7.88. The molecule has 0 heterocycles. The summed E-state index contributed by atoms with van der Waals surface area (Å²) >= 11 is 9.59. The van der Waals surface area contributed by atoms with Crippen molar-refractivity contribution in [1.29, 1.82) is 0 Å². The van der Waals surface area contributed by atoms with Crippen LogP contribution in [0.25, 0.3) is 0 Å². The van der Waals surface area contributed by atoms with Gasteiger partial charge in [-0.25, -0.2) is 0 Å². The van der Waals surface area contributed by atoms with Crippen LogP contribution in [0.1, 0.15) is 30.1 Å². The summed E-state index contributed by atoms with van der Waals surface area (Å²) < 4.78 is 0. The molecule has 0 fully saturated rings. The van der Waals surface area contributed by atoms with Crippen molar-refractivity contribution < 1.29 is 4.79 Å². The van der Waals surface area contributed by atoms with E-state index >= 15 is 0 Å². The maximum absolute atomic E-state index is 11.1. The van der Waals surface area contributed by atoms with Crippen molar-refractivity contribution in [1.82, 2.24) is 0 Å². The number of hydrogen-bond acceptors (Lipinski definition) is 2. The maximum atomic E-state index is 11.1. The van der Waals surface area contributed by atoms with E-state index in [1.807, 2.05) is 18.4 Å². The molecule has 0 aliphatic carbocycles. The fourth-order valence-electron chi connectivity index (χ4n) is 1.27. The predicted molar refractivity (Wildman–Crippen MR) is 82.7 cm³/mol. The normalized spacial score (nSPS) is 9.53. The minimum absolute atomic E-state index is 0.0649. The van der Waals surface area contributed by atoms with Crippen LogP contribution in [0.2, 0.25) is 10.1 Å². The quantitative estimate of drug-likeness (QED) is 0.461. The predicted octanol–water partition coefficient (Wildman–Crippen LogP) is 4.45. The first kappa shape index (κ1) is 17.6. The van der Waals surface area contributed by atoms with Gasteiger partial charge in [-0.1, -0.05) is 26.9 Å². The zero-order valence-electron chi connectivity index (χ0n) is 10.6. The molecule has 0 radical (unpaired) electrons. The molecule has 0 aliphatic heterocycles. The van der Waals surface area contributed by atoms with Gasteiger partial charge >= 0.3 is 42.6 Å². The number of thioether (sulfide) groups is 1. The van der Waals surface area contributed by atoms with Crippen molar-refractivity contribution in [2.75, 3.05) is 6.26 Å². The molecule has 90 valence electrons. The van der Waals surface area contributed by atoms with Crippen LogP contribution in [0.4, 0.5) is 0 Å². The van der Waals surface area contributed by atoms with Gasteiger partial charge in [0.15, 0.2) is 5.52 Å². The van der Waals surface area contributed by atoms with E-state index in [1.54, 1.807) is 6.07 Å². The van der Waals surface area contributed by atoms with Crippen LogP contribution in [0, 0.1) is 0 Å². The zero-order chi connectivity index (χ0) is 13.3. The standard InChI is InChI=1S/C8H8ClOPS.C4H9.Li/c1-12-6-4-2-3-5(9)7(6)8(10)11;1-3-4-2;/h2-4H,11H2,1H3;1,3-4H2,2H3;. The zero-order valence-corrected chi connectivity index (χ0v) is 13.4. The van der Waals surface area contributed by atoms with Crippen molar-refractivity contribution in [2.45, 2.75) is 29.8 Å². The van der Waals surface area contributed by atoms with Crippen molar-refractivity contribution in [3.63, 3.8) is 0 Å². The number of rotatable bonds is 4. The minimum atomic E-state index is -0.0649. The van der Waals surface area contributed by atoms with E-state index in [0.29, 0.717) is 10.6 Å². The Balaban J connectivity index is 0.000000437. The third kappa shape index (κ3) is 6.90. The van der Waals surface area contributed by atoms with Gasteiger partial charge in [-0.2, -0.15) is 0 Å². The van der Waals surface area contributed by atoms with E-state index in [9.17, 15) is 4.79 Å². The Bertz CT molecular complexity index is 358. The van der Waals surface area contributed by atoms with Gasteiger partial charge in [0.05, 0.1) is 10.6 Å². The number of unbranched alkanes of at least 4 members (excludes halogenated alkanes) is 1. The van der Waals surface area contributed by atoms with Gasteiger partial charge in [-0.15, -0.1) is 11.8 Å². The van der Waals surface area contributed by atoms with E-state index in [2.05, 4.69) is 33.9 Å². The molecule has 0 aliphatic rings. The molecular weight excluding hydrogens is 266 g/mol. The number of carbonyl (C=O) groups excluding carboxylic acids is 1. The summed E-state index contributed by atoms with van der Waals surface area (Å²) in [6.45, 7) is 2.21. The number of carbonyl (C=O) groups is 1. The summed E-state index contributed by atoms with van der Waals surface area (Å²) in [6.07, 6.45) is 4.65. The molecule has 1 atom stereocenters. The fraction of sp³-hybridized carbons (Fsp3) is 0.417. The van der Waals surface area contributed by atoms with Gasteiger partial charge in [-0.05, 0) is 18.4 Å². The Morgan fingerprint density at radius 1 is 1.53 bits per heavy atom. The average Bonchev–Trinajstić information content (AvgIpc) is 2.30. The van der Waals surface area contributed by atoms with Crippen LogP contribution in [-0.2, 0) is 0 Å². The van der Waals surface area contributed by atoms with Gasteiger partial charge in [0.2, 0.25) is 0 Å². The monoisotopic (exact) mass is 282 g/mol. The molecule has 17 heavy (non-hydrogen) atoms. The molecule has 1 aromatic rings. The van der Waals surface area contributed by atoms with Gasteiger partial charge < -0.3 is 0 Å². The summed E-state index contributed by atoms with van der Waals surface area (Å²) in [5.41, 5.74) is 0.529. The molecule has 1 rings (SSSR count). The van der Waals surface area contributed by atoms with E-state index < -0.39 is 0 Å². The summed E-state index contributed by atoms with van der Waals surface area (Å²) in [5, 5.41) is 1.86. The van der Waals surface area contributed by atoms with E-state index in [1.165, 1.54) is 29.7 Å². The molecule has 0 saturated heterocycles. The van der Waals surface area contributed by atoms with Crippen LogP contribution in [0.3, 0.4) is 0 Å². The Labute approximate surface area is 125 Å². The average molecular weight is 283 g/mol. The molecule has 1 nitrogen and oxygen atoms in total. The molecule has 1 aromatic carbocycles. The van der Waals surface area contributed by atoms with Crippen LogP contribution in [-0.4, -0.2) is 29.5 Å². The molecule has 1 unspecified atom stereocenters. The number of halogens is 1. The third-order valence-electron chi connectivity index (χ3n) is 2.15. The van der Waals surface area contributed by atoms with Crippen molar-refractivity contribution in [2.24, 2.45) is 0 Å². The summed E-state index contributed by atoms with van der Waals surface area (Å²) in [7, 11) is 2.13. The second kappa shape index (κ2) is 10.5. The second-order valence-corrected chi connectivity index (χ2v) is 5.31. The second-order valence-electron chi connectivity index (χ2n) is 3.53. The van der Waals surface area contributed by atoms with E-state index in [-0.39, 0.29) is 5.52 Å². The van der Waals surface area contributed by atoms with Crippen LogP contribution in [0.15, 0.2) is 23.1 Å². The molecule has 0 spiro atoms. The van der Waals surface area contributed by atoms with Crippen molar-refractivity contribution >= 4 is 55.8 Å². The first-order chi connectivity index (χ1) is 8.08. The number of hydrogen-bond donors (Lipinski definition) is 0. The Hall–Kier alpha value is 0.557. The van der Waals surface area contributed by atoms with Crippen molar-refractivity contribution in [3.8, 4) is 0 Å². The molecule has 0 N–H and O–H groups in total. The van der Waals surface area contributed by atoms with Gasteiger partial charge in [0.25, 0.3) is 0 Å².